The number of benzene rings is 6. The number of hydrogen-bond donors (Lipinski definition) is 0. The molecule has 1 heteroatoms. The minimum absolute atomic E-state index is 0. The third-order valence-electron chi connectivity index (χ3n) is 8.32. The van der Waals surface area contributed by atoms with Gasteiger partial charge in [-0.2, -0.15) is 0 Å². The maximum atomic E-state index is 2.25. The summed E-state index contributed by atoms with van der Waals surface area (Å²) >= 11 is 0. The first kappa shape index (κ1) is 32.8. The molecule has 0 aliphatic heterocycles. The Bertz CT molecular complexity index is 1710. The maximum Gasteiger partial charge on any atom is 2.00 e. The molecule has 47 heavy (non-hydrogen) atoms. The summed E-state index contributed by atoms with van der Waals surface area (Å²) in [6.07, 6.45) is 18.8. The van der Waals surface area contributed by atoms with Gasteiger partial charge in [-0.05, 0) is 119 Å². The van der Waals surface area contributed by atoms with Crippen molar-refractivity contribution in [1.29, 1.82) is 0 Å². The zero-order valence-electron chi connectivity index (χ0n) is 26.0. The third kappa shape index (κ3) is 7.23. The molecule has 0 atom stereocenters. The smallest absolute Gasteiger partial charge is 0.0622 e. The quantitative estimate of drug-likeness (QED) is 0.159. The summed E-state index contributed by atoms with van der Waals surface area (Å²) in [6.45, 7) is 0. The van der Waals surface area contributed by atoms with Crippen molar-refractivity contribution in [2.24, 2.45) is 0 Å². The van der Waals surface area contributed by atoms with Crippen molar-refractivity contribution >= 4 is 0 Å². The second-order valence-electron chi connectivity index (χ2n) is 11.2. The molecule has 10 radical (unpaired) electrons. The van der Waals surface area contributed by atoms with E-state index in [1.54, 1.807) is 0 Å². The summed E-state index contributed by atoms with van der Waals surface area (Å²) < 4.78 is 0. The minimum atomic E-state index is 0. The Morgan fingerprint density at radius 1 is 0.213 bits per heavy atom. The van der Waals surface area contributed by atoms with E-state index in [2.05, 4.69) is 177 Å². The van der Waals surface area contributed by atoms with Crippen LogP contribution in [-0.2, 0) is 17.1 Å². The third-order valence-corrected chi connectivity index (χ3v) is 8.32. The molecule has 0 aromatic heterocycles. The van der Waals surface area contributed by atoms with Gasteiger partial charge in [-0.15, -0.1) is 0 Å². The fourth-order valence-corrected chi connectivity index (χ4v) is 6.37. The van der Waals surface area contributed by atoms with Gasteiger partial charge in [-0.3, -0.25) is 0 Å². The number of rotatable bonds is 6. The average molecular weight is 643 g/mol. The Morgan fingerprint density at radius 3 is 0.660 bits per heavy atom. The fourth-order valence-electron chi connectivity index (χ4n) is 6.37. The molecule has 0 spiro atoms. The molecular formula is C46H34Fe+2. The SMILES string of the molecule is [CH]1[CH][CH][CH][CH]1.[CH]1[CH][CH][C](c2c(-c3ccccc3)c(-c3ccccc3)c(-c3ccccc3)c(-c3ccccc3)c2-c2ccccc2)[CH]1.[Fe+2]. The molecule has 224 valence electrons. The molecule has 2 fully saturated rings. The molecule has 0 unspecified atom stereocenters. The van der Waals surface area contributed by atoms with Crippen LogP contribution in [0.25, 0.3) is 55.6 Å². The van der Waals surface area contributed by atoms with Gasteiger partial charge in [0.15, 0.2) is 0 Å². The Labute approximate surface area is 292 Å². The predicted molar refractivity (Wildman–Crippen MR) is 195 cm³/mol. The molecule has 8 rings (SSSR count). The monoisotopic (exact) mass is 642 g/mol. The van der Waals surface area contributed by atoms with E-state index in [1.807, 2.05) is 32.1 Å². The van der Waals surface area contributed by atoms with Crippen LogP contribution in [0.4, 0.5) is 0 Å². The van der Waals surface area contributed by atoms with Gasteiger partial charge >= 0.3 is 17.1 Å². The van der Waals surface area contributed by atoms with Crippen LogP contribution in [-0.4, -0.2) is 0 Å². The molecule has 2 aliphatic rings. The average Bonchev–Trinajstić information content (AvgIpc) is 3.91. The Kier molecular flexibility index (Phi) is 11.2. The fraction of sp³-hybridized carbons (Fsp3) is 0. The summed E-state index contributed by atoms with van der Waals surface area (Å²) in [4.78, 5) is 0. The summed E-state index contributed by atoms with van der Waals surface area (Å²) in [7, 11) is 0. The van der Waals surface area contributed by atoms with Crippen molar-refractivity contribution in [3.8, 4) is 55.6 Å². The molecule has 0 saturated heterocycles. The molecule has 0 N–H and O–H groups in total. The van der Waals surface area contributed by atoms with Gasteiger partial charge in [0.2, 0.25) is 0 Å². The van der Waals surface area contributed by atoms with Crippen molar-refractivity contribution in [3.05, 3.63) is 221 Å². The van der Waals surface area contributed by atoms with E-state index < -0.39 is 0 Å². The molecule has 6 aromatic carbocycles. The van der Waals surface area contributed by atoms with E-state index in [0.717, 1.165) is 0 Å². The van der Waals surface area contributed by atoms with E-state index in [-0.39, 0.29) is 17.1 Å². The van der Waals surface area contributed by atoms with Crippen LogP contribution in [0.3, 0.4) is 0 Å². The summed E-state index contributed by atoms with van der Waals surface area (Å²) in [5, 5.41) is 0. The molecular weight excluding hydrogens is 608 g/mol. The van der Waals surface area contributed by atoms with Crippen LogP contribution in [0.2, 0.25) is 0 Å². The van der Waals surface area contributed by atoms with Gasteiger partial charge < -0.3 is 0 Å². The summed E-state index contributed by atoms with van der Waals surface area (Å²) in [5.41, 5.74) is 13.5. The summed E-state index contributed by atoms with van der Waals surface area (Å²) in [6, 6.07) is 54.5. The van der Waals surface area contributed by atoms with Gasteiger partial charge in [-0.1, -0.05) is 152 Å². The Balaban J connectivity index is 0.000000591. The Hall–Kier alpha value is -4.16. The zero-order chi connectivity index (χ0) is 31.0. The van der Waals surface area contributed by atoms with Crippen molar-refractivity contribution in [1.82, 2.24) is 0 Å². The van der Waals surface area contributed by atoms with E-state index in [1.165, 1.54) is 67.1 Å². The number of hydrogen-bond acceptors (Lipinski definition) is 0. The first-order valence-corrected chi connectivity index (χ1v) is 15.8. The van der Waals surface area contributed by atoms with E-state index in [4.69, 9.17) is 0 Å². The van der Waals surface area contributed by atoms with Crippen LogP contribution < -0.4 is 0 Å². The zero-order valence-corrected chi connectivity index (χ0v) is 27.1. The molecule has 2 saturated carbocycles. The van der Waals surface area contributed by atoms with E-state index >= 15 is 0 Å². The standard InChI is InChI=1S/C41H29.C5H5.Fe/c1-6-18-30(19-7-1)36-37(31-20-8-2-9-21-31)39(33-24-12-4-13-25-33)41(35-28-16-17-29-35)40(34-26-14-5-15-27-34)38(36)32-22-10-3-11-23-32;1-2-4-5-3-1;/h1-29H;1-5H;/q;;+2. The maximum absolute atomic E-state index is 2.25. The largest absolute Gasteiger partial charge is 2.00 e. The van der Waals surface area contributed by atoms with Crippen LogP contribution >= 0.6 is 0 Å². The minimum Gasteiger partial charge on any atom is -0.0622 e. The van der Waals surface area contributed by atoms with Crippen molar-refractivity contribution in [3.63, 3.8) is 0 Å². The summed E-state index contributed by atoms with van der Waals surface area (Å²) in [5.74, 6) is 1.22. The molecule has 0 bridgehead atoms. The Morgan fingerprint density at radius 2 is 0.426 bits per heavy atom. The van der Waals surface area contributed by atoms with Gasteiger partial charge in [0.05, 0.1) is 0 Å². The van der Waals surface area contributed by atoms with E-state index in [9.17, 15) is 0 Å². The molecule has 2 aliphatic carbocycles. The normalized spacial score (nSPS) is 14.2. The van der Waals surface area contributed by atoms with Crippen molar-refractivity contribution in [2.75, 3.05) is 0 Å². The first-order valence-electron chi connectivity index (χ1n) is 15.8. The van der Waals surface area contributed by atoms with Crippen LogP contribution in [0.15, 0.2) is 152 Å². The molecule has 0 amide bonds. The first-order chi connectivity index (χ1) is 22.9. The van der Waals surface area contributed by atoms with Crippen LogP contribution in [0, 0.1) is 63.7 Å². The molecule has 0 nitrogen and oxygen atoms in total. The second kappa shape index (κ2) is 16.1. The molecule has 6 aromatic rings. The van der Waals surface area contributed by atoms with Gasteiger partial charge in [0, 0.05) is 5.92 Å². The van der Waals surface area contributed by atoms with E-state index in [0.29, 0.717) is 0 Å². The van der Waals surface area contributed by atoms with Gasteiger partial charge in [0.1, 0.15) is 0 Å². The topological polar surface area (TPSA) is 0 Å². The molecule has 0 heterocycles. The van der Waals surface area contributed by atoms with Gasteiger partial charge in [-0.25, -0.2) is 0 Å². The predicted octanol–water partition coefficient (Wildman–Crippen LogP) is 11.8. The van der Waals surface area contributed by atoms with Crippen molar-refractivity contribution in [2.45, 2.75) is 0 Å². The van der Waals surface area contributed by atoms with Crippen LogP contribution in [0.1, 0.15) is 5.56 Å². The van der Waals surface area contributed by atoms with Gasteiger partial charge in [0.25, 0.3) is 0 Å². The van der Waals surface area contributed by atoms with Crippen LogP contribution in [0.5, 0.6) is 0 Å². The van der Waals surface area contributed by atoms with Crippen molar-refractivity contribution < 1.29 is 17.1 Å². The second-order valence-corrected chi connectivity index (χ2v) is 11.2.